The van der Waals surface area contributed by atoms with Gasteiger partial charge in [-0.05, 0) is 41.8 Å². The molecule has 3 rings (SSSR count). The zero-order chi connectivity index (χ0) is 13.6. The molecule has 1 aromatic heterocycles. The van der Waals surface area contributed by atoms with Crippen LogP contribution in [-0.2, 0) is 12.0 Å². The fourth-order valence-corrected chi connectivity index (χ4v) is 4.63. The second-order valence-corrected chi connectivity index (χ2v) is 7.95. The molecule has 0 amide bonds. The Kier molecular flexibility index (Phi) is 3.32. The molecule has 1 aliphatic rings. The maximum atomic E-state index is 3.54. The highest BCUT2D eigenvalue weighted by Gasteiger charge is 2.29. The van der Waals surface area contributed by atoms with E-state index in [4.69, 9.17) is 0 Å². The lowest BCUT2D eigenvalue weighted by Gasteiger charge is -2.30. The molecule has 1 nitrogen and oxygen atoms in total. The third kappa shape index (κ3) is 2.39. The molecule has 2 aromatic rings. The first kappa shape index (κ1) is 13.3. The highest BCUT2D eigenvalue weighted by Crippen LogP contribution is 2.40. The number of benzene rings is 1. The second kappa shape index (κ2) is 4.72. The molecule has 0 radical (unpaired) electrons. The number of fused-ring (bicyclic) bond motifs is 1. The van der Waals surface area contributed by atoms with Crippen molar-refractivity contribution in [2.45, 2.75) is 32.7 Å². The molecule has 0 unspecified atom stereocenters. The molecule has 0 spiro atoms. The predicted octanol–water partition coefficient (Wildman–Crippen LogP) is 4.87. The maximum absolute atomic E-state index is 3.54. The fourth-order valence-electron chi connectivity index (χ4n) is 2.75. The van der Waals surface area contributed by atoms with Crippen LogP contribution in [0.15, 0.2) is 28.7 Å². The van der Waals surface area contributed by atoms with E-state index in [-0.39, 0.29) is 5.41 Å². The topological polar surface area (TPSA) is 12.0 Å². The van der Waals surface area contributed by atoms with Crippen LogP contribution >= 0.6 is 27.3 Å². The summed E-state index contributed by atoms with van der Waals surface area (Å²) in [6, 6.07) is 8.94. The van der Waals surface area contributed by atoms with Crippen molar-refractivity contribution in [1.82, 2.24) is 5.32 Å². The van der Waals surface area contributed by atoms with Gasteiger partial charge in [-0.1, -0.05) is 35.8 Å². The molecule has 1 N–H and O–H groups in total. The van der Waals surface area contributed by atoms with E-state index < -0.39 is 0 Å². The molecule has 0 atom stereocenters. The average Bonchev–Trinajstić information content (AvgIpc) is 2.73. The van der Waals surface area contributed by atoms with Gasteiger partial charge < -0.3 is 5.32 Å². The van der Waals surface area contributed by atoms with Crippen LogP contribution in [-0.4, -0.2) is 6.54 Å². The van der Waals surface area contributed by atoms with Crippen molar-refractivity contribution in [3.05, 3.63) is 44.7 Å². The number of hydrogen-bond donors (Lipinski definition) is 1. The summed E-state index contributed by atoms with van der Waals surface area (Å²) in [6.45, 7) is 8.91. The van der Waals surface area contributed by atoms with Crippen molar-refractivity contribution in [3.8, 4) is 10.4 Å². The Morgan fingerprint density at radius 1 is 1.26 bits per heavy atom. The van der Waals surface area contributed by atoms with Gasteiger partial charge in [0.1, 0.15) is 0 Å². The van der Waals surface area contributed by atoms with Crippen molar-refractivity contribution in [2.24, 2.45) is 0 Å². The molecule has 0 aliphatic carbocycles. The van der Waals surface area contributed by atoms with Gasteiger partial charge in [0.25, 0.3) is 0 Å². The van der Waals surface area contributed by atoms with Crippen LogP contribution in [0.25, 0.3) is 10.4 Å². The van der Waals surface area contributed by atoms with E-state index in [1.165, 1.54) is 26.4 Å². The zero-order valence-electron chi connectivity index (χ0n) is 11.5. The van der Waals surface area contributed by atoms with Crippen LogP contribution in [0.2, 0.25) is 0 Å². The Balaban J connectivity index is 2.10. The largest absolute Gasteiger partial charge is 0.311 e. The van der Waals surface area contributed by atoms with Gasteiger partial charge in [-0.15, -0.1) is 11.3 Å². The monoisotopic (exact) mass is 335 g/mol. The van der Waals surface area contributed by atoms with Gasteiger partial charge in [0, 0.05) is 32.7 Å². The molecule has 1 aliphatic heterocycles. The molecule has 0 fully saturated rings. The van der Waals surface area contributed by atoms with Crippen LogP contribution < -0.4 is 5.32 Å². The molecular formula is C16H18BrNS. The number of hydrogen-bond acceptors (Lipinski definition) is 2. The van der Waals surface area contributed by atoms with E-state index in [0.29, 0.717) is 0 Å². The summed E-state index contributed by atoms with van der Waals surface area (Å²) < 4.78 is 1.15. The van der Waals surface area contributed by atoms with Gasteiger partial charge in [-0.25, -0.2) is 0 Å². The lowest BCUT2D eigenvalue weighted by Crippen LogP contribution is -2.37. The number of halogens is 1. The van der Waals surface area contributed by atoms with Gasteiger partial charge in [-0.3, -0.25) is 0 Å². The summed E-state index contributed by atoms with van der Waals surface area (Å²) >= 11 is 5.47. The van der Waals surface area contributed by atoms with Crippen molar-refractivity contribution in [1.29, 1.82) is 0 Å². The molecule has 0 bridgehead atoms. The van der Waals surface area contributed by atoms with Crippen LogP contribution in [0.1, 0.15) is 29.9 Å². The Hall–Kier alpha value is -0.640. The van der Waals surface area contributed by atoms with E-state index in [9.17, 15) is 0 Å². The molecule has 0 saturated carbocycles. The molecule has 3 heteroatoms. The Morgan fingerprint density at radius 3 is 2.74 bits per heavy atom. The van der Waals surface area contributed by atoms with E-state index in [1.807, 2.05) is 11.3 Å². The molecule has 100 valence electrons. The summed E-state index contributed by atoms with van der Waals surface area (Å²) in [5.74, 6) is 0. The van der Waals surface area contributed by atoms with Crippen molar-refractivity contribution in [3.63, 3.8) is 0 Å². The molecular weight excluding hydrogens is 318 g/mol. The summed E-state index contributed by atoms with van der Waals surface area (Å²) in [5.41, 5.74) is 4.46. The number of thiophene rings is 1. The third-order valence-electron chi connectivity index (χ3n) is 3.84. The number of aryl methyl sites for hydroxylation is 1. The highest BCUT2D eigenvalue weighted by atomic mass is 79.9. The summed E-state index contributed by atoms with van der Waals surface area (Å²) in [4.78, 5) is 2.89. The van der Waals surface area contributed by atoms with E-state index in [2.05, 4.69) is 66.3 Å². The molecule has 1 aromatic carbocycles. The fraction of sp³-hybridized carbons (Fsp3) is 0.375. The standard InChI is InChI=1S/C16H18BrNS/c1-10-6-11(17)4-5-12(10)14-7-13-15(19-14)8-18-9-16(13,2)3/h4-7,18H,8-9H2,1-3H3. The Bertz CT molecular complexity index is 628. The minimum Gasteiger partial charge on any atom is -0.311 e. The Labute approximate surface area is 127 Å². The highest BCUT2D eigenvalue weighted by molar-refractivity contribution is 9.10. The third-order valence-corrected chi connectivity index (χ3v) is 5.51. The normalized spacial score (nSPS) is 17.3. The minimum absolute atomic E-state index is 0.242. The van der Waals surface area contributed by atoms with E-state index in [1.54, 1.807) is 0 Å². The Morgan fingerprint density at radius 2 is 2.05 bits per heavy atom. The van der Waals surface area contributed by atoms with E-state index >= 15 is 0 Å². The summed E-state index contributed by atoms with van der Waals surface area (Å²) in [6.07, 6.45) is 0. The number of rotatable bonds is 1. The first-order chi connectivity index (χ1) is 8.97. The second-order valence-electron chi connectivity index (χ2n) is 5.89. The number of nitrogens with one attached hydrogen (secondary N) is 1. The molecule has 2 heterocycles. The maximum Gasteiger partial charge on any atom is 0.0351 e. The summed E-state index contributed by atoms with van der Waals surface area (Å²) in [5, 5.41) is 3.52. The van der Waals surface area contributed by atoms with E-state index in [0.717, 1.165) is 17.6 Å². The smallest absolute Gasteiger partial charge is 0.0351 e. The predicted molar refractivity (Wildman–Crippen MR) is 86.9 cm³/mol. The zero-order valence-corrected chi connectivity index (χ0v) is 13.9. The quantitative estimate of drug-likeness (QED) is 0.784. The van der Waals surface area contributed by atoms with Crippen LogP contribution in [0.5, 0.6) is 0 Å². The lowest BCUT2D eigenvalue weighted by atomic mass is 9.82. The average molecular weight is 336 g/mol. The van der Waals surface area contributed by atoms with Crippen LogP contribution in [0.3, 0.4) is 0 Å². The lowest BCUT2D eigenvalue weighted by molar-refractivity contribution is 0.440. The van der Waals surface area contributed by atoms with Crippen LogP contribution in [0.4, 0.5) is 0 Å². The first-order valence-electron chi connectivity index (χ1n) is 6.58. The van der Waals surface area contributed by atoms with Gasteiger partial charge in [-0.2, -0.15) is 0 Å². The SMILES string of the molecule is Cc1cc(Br)ccc1-c1cc2c(s1)CNCC2(C)C. The van der Waals surface area contributed by atoms with Crippen LogP contribution in [0, 0.1) is 6.92 Å². The van der Waals surface area contributed by atoms with Gasteiger partial charge in [0.05, 0.1) is 0 Å². The first-order valence-corrected chi connectivity index (χ1v) is 8.19. The van der Waals surface area contributed by atoms with Gasteiger partial charge >= 0.3 is 0 Å². The molecule has 19 heavy (non-hydrogen) atoms. The molecule has 0 saturated heterocycles. The van der Waals surface area contributed by atoms with Crippen molar-refractivity contribution in [2.75, 3.05) is 6.54 Å². The van der Waals surface area contributed by atoms with Gasteiger partial charge in [0.2, 0.25) is 0 Å². The minimum atomic E-state index is 0.242. The van der Waals surface area contributed by atoms with Crippen molar-refractivity contribution >= 4 is 27.3 Å². The summed E-state index contributed by atoms with van der Waals surface area (Å²) in [7, 11) is 0. The van der Waals surface area contributed by atoms with Crippen molar-refractivity contribution < 1.29 is 0 Å². The van der Waals surface area contributed by atoms with Gasteiger partial charge in [0.15, 0.2) is 0 Å².